The zero-order valence-corrected chi connectivity index (χ0v) is 20.5. The summed E-state index contributed by atoms with van der Waals surface area (Å²) in [6, 6.07) is 18.6. The number of methoxy groups -OCH3 is 1. The molecule has 1 aromatic heterocycles. The molecule has 34 heavy (non-hydrogen) atoms. The fraction of sp³-hybridized carbons (Fsp3) is 0.192. The van der Waals surface area contributed by atoms with Crippen molar-refractivity contribution < 1.29 is 9.53 Å². The van der Waals surface area contributed by atoms with E-state index < -0.39 is 6.04 Å². The fourth-order valence-electron chi connectivity index (χ4n) is 3.94. The van der Waals surface area contributed by atoms with Crippen LogP contribution in [0.5, 0.6) is 5.75 Å². The van der Waals surface area contributed by atoms with Crippen LogP contribution in [0.2, 0.25) is 10.0 Å². The molecule has 174 valence electrons. The molecule has 0 radical (unpaired) electrons. The first-order valence-electron chi connectivity index (χ1n) is 10.8. The number of carbonyl (C=O) groups excluding carboxylic acids is 1. The van der Waals surface area contributed by atoms with Crippen molar-refractivity contribution in [2.75, 3.05) is 13.7 Å². The maximum absolute atomic E-state index is 13.6. The average molecular weight is 496 g/mol. The lowest BCUT2D eigenvalue weighted by Gasteiger charge is -2.29. The predicted octanol–water partition coefficient (Wildman–Crippen LogP) is 5.92. The van der Waals surface area contributed by atoms with E-state index in [9.17, 15) is 9.59 Å². The lowest BCUT2D eigenvalue weighted by atomic mass is 10.1. The minimum atomic E-state index is -0.522. The van der Waals surface area contributed by atoms with Gasteiger partial charge in [0.2, 0.25) is 0 Å². The molecule has 0 aliphatic carbocycles. The van der Waals surface area contributed by atoms with Crippen molar-refractivity contribution >= 4 is 40.0 Å². The quantitative estimate of drug-likeness (QED) is 0.332. The molecule has 0 N–H and O–H groups in total. The summed E-state index contributed by atoms with van der Waals surface area (Å²) in [5.41, 5.74) is 1.39. The van der Waals surface area contributed by atoms with Gasteiger partial charge in [0, 0.05) is 12.1 Å². The van der Waals surface area contributed by atoms with Gasteiger partial charge in [0.05, 0.1) is 39.8 Å². The highest BCUT2D eigenvalue weighted by Gasteiger charge is 2.27. The Morgan fingerprint density at radius 3 is 2.41 bits per heavy atom. The maximum Gasteiger partial charge on any atom is 0.266 e. The van der Waals surface area contributed by atoms with Gasteiger partial charge in [0.25, 0.3) is 11.5 Å². The Morgan fingerprint density at radius 2 is 1.76 bits per heavy atom. The van der Waals surface area contributed by atoms with Gasteiger partial charge in [-0.15, -0.1) is 0 Å². The summed E-state index contributed by atoms with van der Waals surface area (Å²) in [7, 11) is 1.58. The second kappa shape index (κ2) is 9.87. The maximum atomic E-state index is 13.6. The number of nitrogens with zero attached hydrogens (tertiary/aromatic N) is 3. The van der Waals surface area contributed by atoms with E-state index in [1.807, 2.05) is 19.9 Å². The van der Waals surface area contributed by atoms with E-state index in [0.29, 0.717) is 50.3 Å². The second-order valence-corrected chi connectivity index (χ2v) is 8.54. The molecule has 3 aromatic carbocycles. The van der Waals surface area contributed by atoms with Gasteiger partial charge in [0.15, 0.2) is 0 Å². The third-order valence-electron chi connectivity index (χ3n) is 5.74. The largest absolute Gasteiger partial charge is 0.497 e. The van der Waals surface area contributed by atoms with Gasteiger partial charge in [-0.1, -0.05) is 35.3 Å². The van der Waals surface area contributed by atoms with E-state index in [2.05, 4.69) is 0 Å². The number of para-hydroxylation sites is 1. The van der Waals surface area contributed by atoms with Gasteiger partial charge < -0.3 is 9.64 Å². The van der Waals surface area contributed by atoms with Gasteiger partial charge in [-0.2, -0.15) is 0 Å². The van der Waals surface area contributed by atoms with E-state index in [1.54, 1.807) is 77.2 Å². The van der Waals surface area contributed by atoms with Crippen LogP contribution in [-0.4, -0.2) is 34.0 Å². The molecule has 1 atom stereocenters. The predicted molar refractivity (Wildman–Crippen MR) is 135 cm³/mol. The molecule has 1 heterocycles. The average Bonchev–Trinajstić information content (AvgIpc) is 2.86. The van der Waals surface area contributed by atoms with Crippen molar-refractivity contribution in [3.8, 4) is 11.4 Å². The summed E-state index contributed by atoms with van der Waals surface area (Å²) in [6.45, 7) is 4.13. The molecule has 6 nitrogen and oxygen atoms in total. The summed E-state index contributed by atoms with van der Waals surface area (Å²) < 4.78 is 6.81. The zero-order chi connectivity index (χ0) is 24.4. The highest BCUT2D eigenvalue weighted by molar-refractivity contribution is 6.42. The van der Waals surface area contributed by atoms with Crippen molar-refractivity contribution in [1.29, 1.82) is 0 Å². The van der Waals surface area contributed by atoms with Crippen molar-refractivity contribution in [1.82, 2.24) is 14.5 Å². The van der Waals surface area contributed by atoms with E-state index in [1.165, 1.54) is 0 Å². The molecule has 4 aromatic rings. The third kappa shape index (κ3) is 4.39. The van der Waals surface area contributed by atoms with Crippen LogP contribution in [0.15, 0.2) is 71.5 Å². The van der Waals surface area contributed by atoms with Crippen LogP contribution in [-0.2, 0) is 0 Å². The van der Waals surface area contributed by atoms with Gasteiger partial charge in [0.1, 0.15) is 11.6 Å². The van der Waals surface area contributed by atoms with Crippen LogP contribution in [0.4, 0.5) is 0 Å². The standard InChI is InChI=1S/C26H23Cl2N3O3/c1-4-30(25(32)17-9-14-21(27)22(28)15-17)16(2)24-29-23-8-6-5-7-20(23)26(33)31(24)18-10-12-19(34-3)13-11-18/h5-16H,4H2,1-3H3. The summed E-state index contributed by atoms with van der Waals surface area (Å²) in [4.78, 5) is 33.5. The normalized spacial score (nSPS) is 11.9. The van der Waals surface area contributed by atoms with Crippen LogP contribution in [0.3, 0.4) is 0 Å². The Labute approximate surface area is 207 Å². The number of hydrogen-bond donors (Lipinski definition) is 0. The number of benzene rings is 3. The number of halogens is 2. The molecule has 0 aliphatic heterocycles. The summed E-state index contributed by atoms with van der Waals surface area (Å²) in [6.07, 6.45) is 0. The molecule has 0 spiro atoms. The molecule has 0 saturated carbocycles. The smallest absolute Gasteiger partial charge is 0.266 e. The van der Waals surface area contributed by atoms with Crippen molar-refractivity contribution in [2.24, 2.45) is 0 Å². The van der Waals surface area contributed by atoms with Gasteiger partial charge in [-0.3, -0.25) is 14.2 Å². The van der Waals surface area contributed by atoms with E-state index in [-0.39, 0.29) is 11.5 Å². The van der Waals surface area contributed by atoms with Crippen LogP contribution < -0.4 is 10.3 Å². The minimum absolute atomic E-state index is 0.212. The number of rotatable bonds is 6. The molecular formula is C26H23Cl2N3O3. The van der Waals surface area contributed by atoms with Crippen LogP contribution in [0.25, 0.3) is 16.6 Å². The van der Waals surface area contributed by atoms with Crippen LogP contribution >= 0.6 is 23.2 Å². The summed E-state index contributed by atoms with van der Waals surface area (Å²) >= 11 is 12.2. The Balaban J connectivity index is 1.87. The zero-order valence-electron chi connectivity index (χ0n) is 19.0. The minimum Gasteiger partial charge on any atom is -0.497 e. The Morgan fingerprint density at radius 1 is 1.06 bits per heavy atom. The Kier molecular flexibility index (Phi) is 6.91. The lowest BCUT2D eigenvalue weighted by Crippen LogP contribution is -2.37. The SMILES string of the molecule is CCN(C(=O)c1ccc(Cl)c(Cl)c1)C(C)c1nc2ccccc2c(=O)n1-c1ccc(OC)cc1. The molecule has 0 bridgehead atoms. The Hall–Kier alpha value is -3.35. The van der Waals surface area contributed by atoms with Crippen LogP contribution in [0, 0.1) is 0 Å². The van der Waals surface area contributed by atoms with Gasteiger partial charge in [-0.05, 0) is 68.4 Å². The molecule has 1 unspecified atom stereocenters. The molecular weight excluding hydrogens is 473 g/mol. The Bertz CT molecular complexity index is 1420. The number of ether oxygens (including phenoxy) is 1. The molecule has 8 heteroatoms. The fourth-order valence-corrected chi connectivity index (χ4v) is 4.24. The molecule has 0 fully saturated rings. The molecule has 1 amide bonds. The van der Waals surface area contributed by atoms with E-state index in [4.69, 9.17) is 32.9 Å². The molecule has 0 saturated heterocycles. The first kappa shape index (κ1) is 23.8. The van der Waals surface area contributed by atoms with Crippen molar-refractivity contribution in [2.45, 2.75) is 19.9 Å². The monoisotopic (exact) mass is 495 g/mol. The number of carbonyl (C=O) groups is 1. The number of amides is 1. The first-order chi connectivity index (χ1) is 16.3. The summed E-state index contributed by atoms with van der Waals surface area (Å²) in [5, 5.41) is 1.17. The number of fused-ring (bicyclic) bond motifs is 1. The van der Waals surface area contributed by atoms with Crippen LogP contribution in [0.1, 0.15) is 36.1 Å². The number of aromatic nitrogens is 2. The molecule has 4 rings (SSSR count). The molecule has 0 aliphatic rings. The highest BCUT2D eigenvalue weighted by Crippen LogP contribution is 2.27. The number of hydrogen-bond acceptors (Lipinski definition) is 4. The lowest BCUT2D eigenvalue weighted by molar-refractivity contribution is 0.0693. The highest BCUT2D eigenvalue weighted by atomic mass is 35.5. The third-order valence-corrected chi connectivity index (χ3v) is 6.48. The topological polar surface area (TPSA) is 64.4 Å². The van der Waals surface area contributed by atoms with Crippen molar-refractivity contribution in [3.05, 3.63) is 98.5 Å². The summed E-state index contributed by atoms with van der Waals surface area (Å²) in [5.74, 6) is 0.881. The first-order valence-corrected chi connectivity index (χ1v) is 11.5. The van der Waals surface area contributed by atoms with E-state index >= 15 is 0 Å². The van der Waals surface area contributed by atoms with Gasteiger partial charge in [-0.25, -0.2) is 4.98 Å². The van der Waals surface area contributed by atoms with E-state index in [0.717, 1.165) is 0 Å². The van der Waals surface area contributed by atoms with Gasteiger partial charge >= 0.3 is 0 Å². The second-order valence-electron chi connectivity index (χ2n) is 7.72. The van der Waals surface area contributed by atoms with Crippen molar-refractivity contribution in [3.63, 3.8) is 0 Å².